The van der Waals surface area contributed by atoms with Crippen LogP contribution >= 0.6 is 11.3 Å². The van der Waals surface area contributed by atoms with Gasteiger partial charge < -0.3 is 14.5 Å². The van der Waals surface area contributed by atoms with Crippen LogP contribution in [0.15, 0.2) is 47.3 Å². The van der Waals surface area contributed by atoms with Crippen LogP contribution in [-0.4, -0.2) is 59.7 Å². The van der Waals surface area contributed by atoms with Crippen molar-refractivity contribution in [3.8, 4) is 28.1 Å². The van der Waals surface area contributed by atoms with Gasteiger partial charge in [-0.1, -0.05) is 0 Å². The van der Waals surface area contributed by atoms with Crippen LogP contribution in [0.5, 0.6) is 5.75 Å². The number of benzene rings is 1. The summed E-state index contributed by atoms with van der Waals surface area (Å²) in [6, 6.07) is 8.58. The van der Waals surface area contributed by atoms with E-state index in [-0.39, 0.29) is 11.3 Å². The number of hydrogen-bond acceptors (Lipinski definition) is 6. The Balaban J connectivity index is 1.67. The number of alkyl halides is 3. The molecule has 0 unspecified atom stereocenters. The number of pyridine rings is 1. The molecule has 4 heterocycles. The molecule has 166 valence electrons. The first kappa shape index (κ1) is 20.8. The van der Waals surface area contributed by atoms with Crippen LogP contribution < -0.4 is 9.64 Å². The number of halogens is 3. The summed E-state index contributed by atoms with van der Waals surface area (Å²) in [5, 5.41) is 11.8. The maximum absolute atomic E-state index is 13.2. The predicted octanol–water partition coefficient (Wildman–Crippen LogP) is 5.00. The van der Waals surface area contributed by atoms with Crippen molar-refractivity contribution in [1.29, 1.82) is 0 Å². The fourth-order valence-corrected chi connectivity index (χ4v) is 4.64. The Kier molecular flexibility index (Phi) is 5.26. The smallest absolute Gasteiger partial charge is 0.405 e. The number of nitrogens with zero attached hydrogens (tertiary/aromatic N) is 4. The number of aromatic nitrogens is 3. The predicted molar refractivity (Wildman–Crippen MR) is 119 cm³/mol. The molecule has 0 radical (unpaired) electrons. The summed E-state index contributed by atoms with van der Waals surface area (Å²) in [5.74, 6) is -0.288. The van der Waals surface area contributed by atoms with E-state index in [0.29, 0.717) is 16.7 Å². The minimum absolute atomic E-state index is 0.273. The number of nitrogens with one attached hydrogen (secondary N) is 1. The molecule has 0 saturated carbocycles. The molecule has 4 aromatic rings. The molecule has 3 aromatic heterocycles. The van der Waals surface area contributed by atoms with Gasteiger partial charge in [-0.3, -0.25) is 5.10 Å². The van der Waals surface area contributed by atoms with Crippen LogP contribution in [0.4, 0.5) is 18.9 Å². The number of thiophene rings is 1. The number of piperazine rings is 1. The topological polar surface area (TPSA) is 57.3 Å². The van der Waals surface area contributed by atoms with Crippen LogP contribution in [0, 0.1) is 0 Å². The summed E-state index contributed by atoms with van der Waals surface area (Å²) in [6.45, 7) is 3.35. The molecule has 0 aliphatic carbocycles. The number of aromatic amines is 1. The van der Waals surface area contributed by atoms with Crippen molar-refractivity contribution in [1.82, 2.24) is 20.1 Å². The van der Waals surface area contributed by atoms with Crippen LogP contribution in [0.2, 0.25) is 0 Å². The lowest BCUT2D eigenvalue weighted by atomic mass is 10.0. The molecule has 1 saturated heterocycles. The largest absolute Gasteiger partial charge is 0.573 e. The van der Waals surface area contributed by atoms with Gasteiger partial charge in [-0.15, -0.1) is 13.2 Å². The molecule has 0 atom stereocenters. The maximum atomic E-state index is 13.2. The van der Waals surface area contributed by atoms with E-state index in [2.05, 4.69) is 36.8 Å². The van der Waals surface area contributed by atoms with Gasteiger partial charge in [0.05, 0.1) is 5.39 Å². The van der Waals surface area contributed by atoms with Gasteiger partial charge in [-0.05, 0) is 59.3 Å². The molecule has 0 amide bonds. The number of anilines is 1. The number of fused-ring (bicyclic) bond motifs is 1. The van der Waals surface area contributed by atoms with E-state index in [0.717, 1.165) is 43.0 Å². The number of ether oxygens (including phenoxy) is 1. The second-order valence-corrected chi connectivity index (χ2v) is 8.46. The fourth-order valence-electron chi connectivity index (χ4n) is 3.98. The van der Waals surface area contributed by atoms with E-state index in [4.69, 9.17) is 0 Å². The first-order valence-electron chi connectivity index (χ1n) is 10.1. The van der Waals surface area contributed by atoms with Gasteiger partial charge in [0.1, 0.15) is 11.4 Å². The second kappa shape index (κ2) is 8.10. The van der Waals surface area contributed by atoms with E-state index < -0.39 is 6.36 Å². The van der Waals surface area contributed by atoms with Gasteiger partial charge >= 0.3 is 6.36 Å². The van der Waals surface area contributed by atoms with Crippen LogP contribution in [0.25, 0.3) is 33.4 Å². The quantitative estimate of drug-likeness (QED) is 0.465. The Morgan fingerprint density at radius 2 is 1.88 bits per heavy atom. The molecular weight excluding hydrogens is 439 g/mol. The summed E-state index contributed by atoms with van der Waals surface area (Å²) in [7, 11) is 2.05. The van der Waals surface area contributed by atoms with E-state index in [1.165, 1.54) is 6.07 Å². The maximum Gasteiger partial charge on any atom is 0.573 e. The number of rotatable bonds is 4. The van der Waals surface area contributed by atoms with Crippen molar-refractivity contribution >= 4 is 28.1 Å². The van der Waals surface area contributed by atoms with Crippen LogP contribution in [0.3, 0.4) is 0 Å². The normalized spacial score (nSPS) is 15.4. The molecule has 32 heavy (non-hydrogen) atoms. The Morgan fingerprint density at radius 3 is 2.59 bits per heavy atom. The zero-order valence-electron chi connectivity index (χ0n) is 17.2. The summed E-state index contributed by atoms with van der Waals surface area (Å²) >= 11 is 1.54. The third kappa shape index (κ3) is 4.03. The third-order valence-electron chi connectivity index (χ3n) is 5.61. The van der Waals surface area contributed by atoms with E-state index >= 15 is 0 Å². The van der Waals surface area contributed by atoms with E-state index in [9.17, 15) is 13.2 Å². The van der Waals surface area contributed by atoms with Crippen molar-refractivity contribution in [2.24, 2.45) is 0 Å². The highest BCUT2D eigenvalue weighted by molar-refractivity contribution is 7.08. The van der Waals surface area contributed by atoms with Crippen molar-refractivity contribution in [3.05, 3.63) is 47.3 Å². The molecular formula is C22H20F3N5OS. The SMILES string of the molecule is CN1CCN(c2ccc(OC(F)(F)F)c(-c3n[nH]c4nccc(-c5ccsc5)c34)c2)CC1. The number of H-pyrrole nitrogens is 1. The van der Waals surface area contributed by atoms with Gasteiger partial charge in [0.15, 0.2) is 5.65 Å². The van der Waals surface area contributed by atoms with Gasteiger partial charge in [0.2, 0.25) is 0 Å². The zero-order chi connectivity index (χ0) is 22.3. The summed E-state index contributed by atoms with van der Waals surface area (Å²) in [5.41, 5.74) is 3.80. The Bertz CT molecular complexity index is 1230. The molecule has 1 aliphatic rings. The van der Waals surface area contributed by atoms with Crippen LogP contribution in [-0.2, 0) is 0 Å². The molecule has 1 N–H and O–H groups in total. The first-order chi connectivity index (χ1) is 15.4. The van der Waals surface area contributed by atoms with Gasteiger partial charge in [0.25, 0.3) is 0 Å². The molecule has 5 rings (SSSR count). The highest BCUT2D eigenvalue weighted by atomic mass is 32.1. The van der Waals surface area contributed by atoms with Crippen LogP contribution in [0.1, 0.15) is 0 Å². The molecule has 0 spiro atoms. The monoisotopic (exact) mass is 459 g/mol. The minimum atomic E-state index is -4.81. The number of hydrogen-bond donors (Lipinski definition) is 1. The average Bonchev–Trinajstić information content (AvgIpc) is 3.44. The summed E-state index contributed by atoms with van der Waals surface area (Å²) in [6.07, 6.45) is -3.16. The summed E-state index contributed by atoms with van der Waals surface area (Å²) in [4.78, 5) is 8.71. The zero-order valence-corrected chi connectivity index (χ0v) is 18.0. The van der Waals surface area contributed by atoms with Gasteiger partial charge in [0, 0.05) is 43.6 Å². The lowest BCUT2D eigenvalue weighted by molar-refractivity contribution is -0.274. The van der Waals surface area contributed by atoms with E-state index in [1.807, 2.05) is 22.9 Å². The molecule has 1 aromatic carbocycles. The van der Waals surface area contributed by atoms with Gasteiger partial charge in [-0.2, -0.15) is 16.4 Å². The lowest BCUT2D eigenvalue weighted by Crippen LogP contribution is -2.44. The third-order valence-corrected chi connectivity index (χ3v) is 6.29. The standard InChI is InChI=1S/C22H20F3N5OS/c1-29-7-9-30(10-8-29)15-2-3-18(31-22(23,24)25)17(12-15)20-19-16(14-5-11-32-13-14)4-6-26-21(19)28-27-20/h2-6,11-13H,7-10H2,1H3,(H,26,27,28). The summed E-state index contributed by atoms with van der Waals surface area (Å²) < 4.78 is 44.0. The minimum Gasteiger partial charge on any atom is -0.405 e. The molecule has 10 heteroatoms. The molecule has 6 nitrogen and oxygen atoms in total. The highest BCUT2D eigenvalue weighted by Crippen LogP contribution is 2.41. The van der Waals surface area contributed by atoms with Gasteiger partial charge in [-0.25, -0.2) is 4.98 Å². The Morgan fingerprint density at radius 1 is 1.06 bits per heavy atom. The molecule has 1 aliphatic heterocycles. The second-order valence-electron chi connectivity index (χ2n) is 7.68. The molecule has 1 fully saturated rings. The Hall–Kier alpha value is -3.11. The Labute approximate surface area is 186 Å². The first-order valence-corrected chi connectivity index (χ1v) is 11.0. The fraction of sp³-hybridized carbons (Fsp3) is 0.273. The van der Waals surface area contributed by atoms with E-state index in [1.54, 1.807) is 29.7 Å². The van der Waals surface area contributed by atoms with Crippen molar-refractivity contribution in [2.75, 3.05) is 38.1 Å². The van der Waals surface area contributed by atoms with Crippen molar-refractivity contribution in [3.63, 3.8) is 0 Å². The highest BCUT2D eigenvalue weighted by Gasteiger charge is 2.33. The average molecular weight is 459 g/mol. The number of likely N-dealkylation sites (N-methyl/N-ethyl adjacent to an activating group) is 1. The lowest BCUT2D eigenvalue weighted by Gasteiger charge is -2.34. The molecule has 0 bridgehead atoms. The van der Waals surface area contributed by atoms with Crippen molar-refractivity contribution in [2.45, 2.75) is 6.36 Å². The van der Waals surface area contributed by atoms with Crippen molar-refractivity contribution < 1.29 is 17.9 Å².